The van der Waals surface area contributed by atoms with Gasteiger partial charge in [0, 0.05) is 11.8 Å². The highest BCUT2D eigenvalue weighted by atomic mass is 16.1. The number of rotatable bonds is 1. The van der Waals surface area contributed by atoms with Gasteiger partial charge in [-0.2, -0.15) is 0 Å². The normalized spacial score (nSPS) is 13.8. The van der Waals surface area contributed by atoms with E-state index in [0.717, 1.165) is 33.4 Å². The predicted octanol–water partition coefficient (Wildman–Crippen LogP) is 3.43. The van der Waals surface area contributed by atoms with Gasteiger partial charge in [-0.15, -0.1) is 0 Å². The highest BCUT2D eigenvalue weighted by molar-refractivity contribution is 6.16. The summed E-state index contributed by atoms with van der Waals surface area (Å²) < 4.78 is 1.67. The summed E-state index contributed by atoms with van der Waals surface area (Å²) in [7, 11) is 0. The molecule has 5 heteroatoms. The molecule has 5 rings (SSSR count). The van der Waals surface area contributed by atoms with Crippen molar-refractivity contribution in [2.24, 2.45) is 0 Å². The largest absolute Gasteiger partial charge is 0.339 e. The molecule has 122 valence electrons. The molecule has 0 bridgehead atoms. The summed E-state index contributed by atoms with van der Waals surface area (Å²) in [6.07, 6.45) is 0. The first-order valence-corrected chi connectivity index (χ1v) is 8.22. The van der Waals surface area contributed by atoms with E-state index in [2.05, 4.69) is 4.98 Å². The van der Waals surface area contributed by atoms with E-state index in [4.69, 9.17) is 5.41 Å². The van der Waals surface area contributed by atoms with Crippen LogP contribution in [0, 0.1) is 12.3 Å². The number of benzene rings is 2. The molecule has 0 atom stereocenters. The average Bonchev–Trinajstić information content (AvgIpc) is 3.14. The number of H-pyrrole nitrogens is 1. The van der Waals surface area contributed by atoms with E-state index in [1.807, 2.05) is 60.4 Å². The van der Waals surface area contributed by atoms with E-state index in [0.29, 0.717) is 18.0 Å². The number of aryl methyl sites for hydroxylation is 1. The molecule has 25 heavy (non-hydrogen) atoms. The third kappa shape index (κ3) is 1.83. The predicted molar refractivity (Wildman–Crippen MR) is 99.7 cm³/mol. The zero-order valence-corrected chi connectivity index (χ0v) is 13.7. The molecule has 2 aromatic heterocycles. The van der Waals surface area contributed by atoms with Crippen LogP contribution in [-0.4, -0.2) is 15.2 Å². The SMILES string of the molecule is Cc1ccccc1N1Cc2cc(=O)n3c([nH]c4ccccc43)c2C1=N. The van der Waals surface area contributed by atoms with Crippen LogP contribution >= 0.6 is 0 Å². The number of nitrogens with zero attached hydrogens (tertiary/aromatic N) is 2. The van der Waals surface area contributed by atoms with Crippen molar-refractivity contribution in [2.45, 2.75) is 13.5 Å². The van der Waals surface area contributed by atoms with Crippen molar-refractivity contribution in [1.29, 1.82) is 5.41 Å². The highest BCUT2D eigenvalue weighted by Gasteiger charge is 2.30. The zero-order valence-electron chi connectivity index (χ0n) is 13.7. The topological polar surface area (TPSA) is 64.4 Å². The molecule has 2 aromatic carbocycles. The van der Waals surface area contributed by atoms with Crippen molar-refractivity contribution in [1.82, 2.24) is 9.38 Å². The number of para-hydroxylation sites is 3. The molecule has 3 heterocycles. The Morgan fingerprint density at radius 2 is 1.84 bits per heavy atom. The minimum Gasteiger partial charge on any atom is -0.339 e. The Labute approximate surface area is 143 Å². The van der Waals surface area contributed by atoms with Gasteiger partial charge in [-0.1, -0.05) is 30.3 Å². The van der Waals surface area contributed by atoms with Crippen molar-refractivity contribution < 1.29 is 0 Å². The van der Waals surface area contributed by atoms with Crippen LogP contribution < -0.4 is 10.5 Å². The van der Waals surface area contributed by atoms with Gasteiger partial charge >= 0.3 is 0 Å². The first-order valence-electron chi connectivity index (χ1n) is 8.22. The summed E-state index contributed by atoms with van der Waals surface area (Å²) >= 11 is 0. The Kier molecular flexibility index (Phi) is 2.71. The third-order valence-electron chi connectivity index (χ3n) is 4.94. The van der Waals surface area contributed by atoms with Gasteiger partial charge in [0.15, 0.2) is 0 Å². The van der Waals surface area contributed by atoms with Gasteiger partial charge in [-0.3, -0.25) is 14.6 Å². The van der Waals surface area contributed by atoms with Gasteiger partial charge in [0.25, 0.3) is 5.56 Å². The second kappa shape index (κ2) is 4.83. The molecule has 2 N–H and O–H groups in total. The molecule has 0 spiro atoms. The second-order valence-electron chi connectivity index (χ2n) is 6.43. The van der Waals surface area contributed by atoms with Crippen molar-refractivity contribution in [3.8, 4) is 0 Å². The lowest BCUT2D eigenvalue weighted by molar-refractivity contribution is 1.03. The fourth-order valence-electron chi connectivity index (χ4n) is 3.76. The van der Waals surface area contributed by atoms with E-state index in [1.54, 1.807) is 10.5 Å². The summed E-state index contributed by atoms with van der Waals surface area (Å²) in [5, 5.41) is 8.74. The third-order valence-corrected chi connectivity index (χ3v) is 4.94. The van der Waals surface area contributed by atoms with Crippen LogP contribution in [0.15, 0.2) is 59.4 Å². The van der Waals surface area contributed by atoms with Gasteiger partial charge in [-0.05, 0) is 36.2 Å². The molecule has 1 aliphatic rings. The Morgan fingerprint density at radius 1 is 1.08 bits per heavy atom. The molecule has 0 unspecified atom stereocenters. The Bertz CT molecular complexity index is 1230. The molecular formula is C20H16N4O. The van der Waals surface area contributed by atoms with Gasteiger partial charge in [-0.25, -0.2) is 0 Å². The minimum absolute atomic E-state index is 0.0642. The number of hydrogen-bond acceptors (Lipinski definition) is 2. The molecule has 5 nitrogen and oxygen atoms in total. The van der Waals surface area contributed by atoms with Crippen LogP contribution in [-0.2, 0) is 6.54 Å². The number of amidine groups is 1. The summed E-state index contributed by atoms with van der Waals surface area (Å²) in [5.41, 5.74) is 6.19. The van der Waals surface area contributed by atoms with Crippen molar-refractivity contribution >= 4 is 28.2 Å². The van der Waals surface area contributed by atoms with Gasteiger partial charge in [0.05, 0.1) is 23.1 Å². The van der Waals surface area contributed by atoms with Crippen LogP contribution in [0.4, 0.5) is 5.69 Å². The number of fused-ring (bicyclic) bond motifs is 5. The Morgan fingerprint density at radius 3 is 2.68 bits per heavy atom. The fourth-order valence-corrected chi connectivity index (χ4v) is 3.76. The number of imidazole rings is 1. The van der Waals surface area contributed by atoms with E-state index in [-0.39, 0.29) is 5.56 Å². The summed E-state index contributed by atoms with van der Waals surface area (Å²) in [6.45, 7) is 2.58. The van der Waals surface area contributed by atoms with Crippen LogP contribution in [0.1, 0.15) is 16.7 Å². The molecule has 0 saturated carbocycles. The molecule has 1 aliphatic heterocycles. The Hall–Kier alpha value is -3.34. The van der Waals surface area contributed by atoms with Crippen molar-refractivity contribution in [2.75, 3.05) is 4.90 Å². The maximum Gasteiger partial charge on any atom is 0.257 e. The number of anilines is 1. The maximum absolute atomic E-state index is 12.7. The van der Waals surface area contributed by atoms with E-state index >= 15 is 0 Å². The lowest BCUT2D eigenvalue weighted by Gasteiger charge is -2.20. The first kappa shape index (κ1) is 14.0. The van der Waals surface area contributed by atoms with Crippen LogP contribution in [0.3, 0.4) is 0 Å². The molecule has 0 amide bonds. The van der Waals surface area contributed by atoms with Crippen molar-refractivity contribution in [3.05, 3.63) is 81.6 Å². The molecular weight excluding hydrogens is 312 g/mol. The minimum atomic E-state index is -0.0642. The highest BCUT2D eigenvalue weighted by Crippen LogP contribution is 2.32. The van der Waals surface area contributed by atoms with Gasteiger partial charge in [0.1, 0.15) is 11.5 Å². The second-order valence-corrected chi connectivity index (χ2v) is 6.43. The molecule has 0 fully saturated rings. The lowest BCUT2D eigenvalue weighted by Crippen LogP contribution is -2.24. The number of aromatic nitrogens is 2. The lowest BCUT2D eigenvalue weighted by atomic mass is 10.1. The molecule has 0 saturated heterocycles. The summed E-state index contributed by atoms with van der Waals surface area (Å²) in [5.74, 6) is 0.424. The maximum atomic E-state index is 12.7. The number of nitrogens with one attached hydrogen (secondary N) is 2. The fraction of sp³-hybridized carbons (Fsp3) is 0.100. The number of hydrogen-bond donors (Lipinski definition) is 2. The first-order chi connectivity index (χ1) is 12.1. The van der Waals surface area contributed by atoms with E-state index < -0.39 is 0 Å². The average molecular weight is 328 g/mol. The summed E-state index contributed by atoms with van der Waals surface area (Å²) in [4.78, 5) is 18.0. The summed E-state index contributed by atoms with van der Waals surface area (Å²) in [6, 6.07) is 17.4. The van der Waals surface area contributed by atoms with Crippen LogP contribution in [0.2, 0.25) is 0 Å². The van der Waals surface area contributed by atoms with Crippen LogP contribution in [0.25, 0.3) is 16.7 Å². The van der Waals surface area contributed by atoms with E-state index in [1.165, 1.54) is 0 Å². The van der Waals surface area contributed by atoms with Crippen LogP contribution in [0.5, 0.6) is 0 Å². The number of pyridine rings is 1. The quantitative estimate of drug-likeness (QED) is 0.562. The monoisotopic (exact) mass is 328 g/mol. The molecule has 4 aromatic rings. The smallest absolute Gasteiger partial charge is 0.257 e. The van der Waals surface area contributed by atoms with Gasteiger partial charge in [0.2, 0.25) is 0 Å². The number of aromatic amines is 1. The van der Waals surface area contributed by atoms with Crippen molar-refractivity contribution in [3.63, 3.8) is 0 Å². The molecule has 0 aliphatic carbocycles. The zero-order chi connectivity index (χ0) is 17.1. The Balaban J connectivity index is 1.80. The van der Waals surface area contributed by atoms with Gasteiger partial charge < -0.3 is 9.88 Å². The molecule has 0 radical (unpaired) electrons. The standard InChI is InChI=1S/C20H16N4O/c1-12-6-2-4-8-15(12)23-11-13-10-17(25)24-16-9-5-3-7-14(16)22-20(24)18(13)19(23)21/h2-10,21-22H,11H2,1H3. The van der Waals surface area contributed by atoms with E-state index in [9.17, 15) is 4.79 Å².